The molecule has 0 heterocycles. The molecule has 1 rings (SSSR count). The van der Waals surface area contributed by atoms with Crippen molar-refractivity contribution in [3.63, 3.8) is 0 Å². The van der Waals surface area contributed by atoms with Crippen molar-refractivity contribution >= 4 is 23.2 Å². The van der Waals surface area contributed by atoms with E-state index in [0.717, 1.165) is 0 Å². The SMILES string of the molecule is CNCCC(CCC(F)(F)F)Oc1ccc(Cl)cc1Cl. The molecule has 0 aliphatic rings. The van der Waals surface area contributed by atoms with E-state index in [2.05, 4.69) is 5.32 Å². The Morgan fingerprint density at radius 2 is 1.95 bits per heavy atom. The zero-order chi connectivity index (χ0) is 15.2. The molecule has 20 heavy (non-hydrogen) atoms. The van der Waals surface area contributed by atoms with E-state index in [0.29, 0.717) is 28.8 Å². The Morgan fingerprint density at radius 3 is 2.50 bits per heavy atom. The monoisotopic (exact) mass is 329 g/mol. The highest BCUT2D eigenvalue weighted by atomic mass is 35.5. The maximum Gasteiger partial charge on any atom is 0.389 e. The van der Waals surface area contributed by atoms with Crippen LogP contribution in [0.15, 0.2) is 18.2 Å². The summed E-state index contributed by atoms with van der Waals surface area (Å²) in [7, 11) is 1.73. The highest BCUT2D eigenvalue weighted by Crippen LogP contribution is 2.30. The van der Waals surface area contributed by atoms with Gasteiger partial charge in [0.25, 0.3) is 0 Å². The second kappa shape index (κ2) is 7.96. The third kappa shape index (κ3) is 6.68. The highest BCUT2D eigenvalue weighted by Gasteiger charge is 2.29. The van der Waals surface area contributed by atoms with Crippen molar-refractivity contribution in [1.82, 2.24) is 5.32 Å². The van der Waals surface area contributed by atoms with Gasteiger partial charge in [0.15, 0.2) is 0 Å². The molecule has 1 N–H and O–H groups in total. The zero-order valence-electron chi connectivity index (χ0n) is 10.9. The molecule has 0 aliphatic carbocycles. The third-order valence-corrected chi connectivity index (χ3v) is 3.18. The Kier molecular flexibility index (Phi) is 6.92. The van der Waals surface area contributed by atoms with Gasteiger partial charge in [-0.2, -0.15) is 13.2 Å². The molecule has 0 bridgehead atoms. The second-order valence-corrected chi connectivity index (χ2v) is 5.20. The van der Waals surface area contributed by atoms with Crippen LogP contribution >= 0.6 is 23.2 Å². The number of benzene rings is 1. The molecule has 0 fully saturated rings. The summed E-state index contributed by atoms with van der Waals surface area (Å²) in [6, 6.07) is 4.64. The quantitative estimate of drug-likeness (QED) is 0.783. The Labute approximate surface area is 126 Å². The number of halogens is 5. The molecule has 0 aromatic heterocycles. The van der Waals surface area contributed by atoms with Gasteiger partial charge in [0.2, 0.25) is 0 Å². The maximum atomic E-state index is 12.3. The second-order valence-electron chi connectivity index (χ2n) is 4.36. The average molecular weight is 330 g/mol. The van der Waals surface area contributed by atoms with Crippen molar-refractivity contribution in [3.8, 4) is 5.75 Å². The number of ether oxygens (including phenoxy) is 1. The molecular weight excluding hydrogens is 314 g/mol. The molecule has 0 amide bonds. The lowest BCUT2D eigenvalue weighted by molar-refractivity contribution is -0.139. The first kappa shape index (κ1) is 17.4. The topological polar surface area (TPSA) is 21.3 Å². The van der Waals surface area contributed by atoms with Crippen molar-refractivity contribution < 1.29 is 17.9 Å². The number of nitrogens with one attached hydrogen (secondary N) is 1. The summed E-state index contributed by atoms with van der Waals surface area (Å²) in [5.41, 5.74) is 0. The summed E-state index contributed by atoms with van der Waals surface area (Å²) in [5.74, 6) is 0.347. The summed E-state index contributed by atoms with van der Waals surface area (Å²) in [6.07, 6.45) is -5.27. The van der Waals surface area contributed by atoms with E-state index >= 15 is 0 Å². The van der Waals surface area contributed by atoms with Crippen molar-refractivity contribution in [2.24, 2.45) is 0 Å². The predicted molar refractivity (Wildman–Crippen MR) is 74.7 cm³/mol. The van der Waals surface area contributed by atoms with Gasteiger partial charge in [-0.1, -0.05) is 23.2 Å². The molecule has 114 valence electrons. The summed E-state index contributed by atoms with van der Waals surface area (Å²) < 4.78 is 42.5. The van der Waals surface area contributed by atoms with Gasteiger partial charge in [0, 0.05) is 11.4 Å². The Hall–Kier alpha value is -0.650. The molecule has 0 spiro atoms. The van der Waals surface area contributed by atoms with Crippen LogP contribution in [0.1, 0.15) is 19.3 Å². The van der Waals surface area contributed by atoms with Crippen LogP contribution in [0, 0.1) is 0 Å². The Balaban J connectivity index is 2.67. The summed E-state index contributed by atoms with van der Waals surface area (Å²) in [5, 5.41) is 3.63. The van der Waals surface area contributed by atoms with Crippen LogP contribution in [0.5, 0.6) is 5.75 Å². The summed E-state index contributed by atoms with van der Waals surface area (Å²) >= 11 is 11.7. The highest BCUT2D eigenvalue weighted by molar-refractivity contribution is 6.35. The minimum atomic E-state index is -4.19. The van der Waals surface area contributed by atoms with Crippen LogP contribution in [0.4, 0.5) is 13.2 Å². The van der Waals surface area contributed by atoms with E-state index in [-0.39, 0.29) is 6.42 Å². The van der Waals surface area contributed by atoms with E-state index in [1.807, 2.05) is 0 Å². The maximum absolute atomic E-state index is 12.3. The van der Waals surface area contributed by atoms with Crippen molar-refractivity contribution in [2.45, 2.75) is 31.5 Å². The smallest absolute Gasteiger partial charge is 0.389 e. The average Bonchev–Trinajstić information content (AvgIpc) is 2.34. The summed E-state index contributed by atoms with van der Waals surface area (Å²) in [4.78, 5) is 0. The first-order chi connectivity index (χ1) is 9.31. The van der Waals surface area contributed by atoms with Crippen LogP contribution < -0.4 is 10.1 Å². The zero-order valence-corrected chi connectivity index (χ0v) is 12.4. The minimum Gasteiger partial charge on any atom is -0.489 e. The fourth-order valence-corrected chi connectivity index (χ4v) is 2.10. The first-order valence-corrected chi connectivity index (χ1v) is 6.90. The molecule has 1 atom stereocenters. The van der Waals surface area contributed by atoms with Crippen molar-refractivity contribution in [2.75, 3.05) is 13.6 Å². The molecule has 0 saturated heterocycles. The van der Waals surface area contributed by atoms with Crippen LogP contribution in [0.3, 0.4) is 0 Å². The van der Waals surface area contributed by atoms with E-state index in [1.165, 1.54) is 6.07 Å². The normalized spacial score (nSPS) is 13.3. The van der Waals surface area contributed by atoms with Gasteiger partial charge in [-0.25, -0.2) is 0 Å². The molecule has 1 aromatic rings. The largest absolute Gasteiger partial charge is 0.489 e. The van der Waals surface area contributed by atoms with Crippen LogP contribution in [-0.2, 0) is 0 Å². The van der Waals surface area contributed by atoms with Gasteiger partial charge in [-0.05, 0) is 44.6 Å². The van der Waals surface area contributed by atoms with E-state index < -0.39 is 18.7 Å². The lowest BCUT2D eigenvalue weighted by Crippen LogP contribution is -2.24. The Morgan fingerprint density at radius 1 is 1.25 bits per heavy atom. The molecule has 0 aliphatic heterocycles. The Bertz CT molecular complexity index is 427. The van der Waals surface area contributed by atoms with Gasteiger partial charge in [-0.3, -0.25) is 0 Å². The summed E-state index contributed by atoms with van der Waals surface area (Å²) in [6.45, 7) is 0.563. The van der Waals surface area contributed by atoms with E-state index in [1.54, 1.807) is 19.2 Å². The molecule has 1 aromatic carbocycles. The van der Waals surface area contributed by atoms with Crippen LogP contribution in [0.2, 0.25) is 10.0 Å². The van der Waals surface area contributed by atoms with Gasteiger partial charge in [0.1, 0.15) is 11.9 Å². The van der Waals surface area contributed by atoms with E-state index in [9.17, 15) is 13.2 Å². The number of hydrogen-bond acceptors (Lipinski definition) is 2. The van der Waals surface area contributed by atoms with Gasteiger partial charge in [-0.15, -0.1) is 0 Å². The standard InChI is InChI=1S/C13H16Cl2F3NO/c1-19-7-5-10(4-6-13(16,17)18)20-12-3-2-9(14)8-11(12)15/h2-3,8,10,19H,4-7H2,1H3. The van der Waals surface area contributed by atoms with Crippen molar-refractivity contribution in [1.29, 1.82) is 0 Å². The van der Waals surface area contributed by atoms with Crippen molar-refractivity contribution in [3.05, 3.63) is 28.2 Å². The first-order valence-electron chi connectivity index (χ1n) is 6.15. The van der Waals surface area contributed by atoms with Gasteiger partial charge < -0.3 is 10.1 Å². The fraction of sp³-hybridized carbons (Fsp3) is 0.538. The molecule has 2 nitrogen and oxygen atoms in total. The number of alkyl halides is 3. The molecular formula is C13H16Cl2F3NO. The molecule has 0 radical (unpaired) electrons. The third-order valence-electron chi connectivity index (χ3n) is 2.65. The van der Waals surface area contributed by atoms with Crippen LogP contribution in [0.25, 0.3) is 0 Å². The predicted octanol–water partition coefficient (Wildman–Crippen LogP) is 4.69. The van der Waals surface area contributed by atoms with E-state index in [4.69, 9.17) is 27.9 Å². The van der Waals surface area contributed by atoms with Gasteiger partial charge in [0.05, 0.1) is 5.02 Å². The van der Waals surface area contributed by atoms with Gasteiger partial charge >= 0.3 is 6.18 Å². The fourth-order valence-electron chi connectivity index (χ4n) is 1.64. The number of hydrogen-bond donors (Lipinski definition) is 1. The lowest BCUT2D eigenvalue weighted by atomic mass is 10.1. The molecule has 7 heteroatoms. The number of rotatable bonds is 7. The minimum absolute atomic E-state index is 0.107. The molecule has 1 unspecified atom stereocenters. The lowest BCUT2D eigenvalue weighted by Gasteiger charge is -2.20. The molecule has 0 saturated carbocycles. The van der Waals surface area contributed by atoms with Crippen LogP contribution in [-0.4, -0.2) is 25.9 Å².